The van der Waals surface area contributed by atoms with Gasteiger partial charge in [-0.1, -0.05) is 13.8 Å². The number of benzene rings is 1. The van der Waals surface area contributed by atoms with Gasteiger partial charge in [-0.05, 0) is 70.3 Å². The van der Waals surface area contributed by atoms with Gasteiger partial charge in [0.1, 0.15) is 11.3 Å². The van der Waals surface area contributed by atoms with Crippen LogP contribution in [0.25, 0.3) is 11.0 Å². The van der Waals surface area contributed by atoms with E-state index in [9.17, 15) is 14.7 Å². The van der Waals surface area contributed by atoms with E-state index in [0.29, 0.717) is 29.7 Å². The second-order valence-corrected chi connectivity index (χ2v) is 7.80. The van der Waals surface area contributed by atoms with Gasteiger partial charge in [-0.25, -0.2) is 4.79 Å². The summed E-state index contributed by atoms with van der Waals surface area (Å²) in [6, 6.07) is 3.27. The molecular weight excluding hydrogens is 370 g/mol. The van der Waals surface area contributed by atoms with E-state index in [4.69, 9.17) is 9.15 Å². The predicted molar refractivity (Wildman–Crippen MR) is 114 cm³/mol. The number of esters is 1. The Labute approximate surface area is 172 Å². The number of rotatable bonds is 10. The smallest absolute Gasteiger partial charge is 0.336 e. The van der Waals surface area contributed by atoms with Crippen LogP contribution in [0.4, 0.5) is 0 Å². The average Bonchev–Trinajstić information content (AvgIpc) is 2.63. The van der Waals surface area contributed by atoms with E-state index in [0.717, 1.165) is 36.9 Å². The first-order valence-electron chi connectivity index (χ1n) is 10.5. The second-order valence-electron chi connectivity index (χ2n) is 7.80. The molecular formula is C23H33NO5. The quantitative estimate of drug-likeness (QED) is 0.470. The molecule has 0 saturated carbocycles. The van der Waals surface area contributed by atoms with Gasteiger partial charge in [0.2, 0.25) is 0 Å². The number of ether oxygens (including phenoxy) is 1. The zero-order valence-electron chi connectivity index (χ0n) is 18.2. The van der Waals surface area contributed by atoms with Crippen LogP contribution in [0.3, 0.4) is 0 Å². The van der Waals surface area contributed by atoms with Crippen LogP contribution >= 0.6 is 0 Å². The largest absolute Gasteiger partial charge is 0.507 e. The van der Waals surface area contributed by atoms with Gasteiger partial charge < -0.3 is 14.3 Å². The first kappa shape index (κ1) is 22.9. The van der Waals surface area contributed by atoms with Gasteiger partial charge >= 0.3 is 11.6 Å². The van der Waals surface area contributed by atoms with Crippen LogP contribution in [-0.2, 0) is 22.5 Å². The van der Waals surface area contributed by atoms with E-state index < -0.39 is 5.63 Å². The van der Waals surface area contributed by atoms with E-state index in [1.807, 2.05) is 26.8 Å². The fourth-order valence-corrected chi connectivity index (χ4v) is 3.59. The molecule has 0 aliphatic carbocycles. The van der Waals surface area contributed by atoms with Crippen molar-refractivity contribution < 1.29 is 19.1 Å². The van der Waals surface area contributed by atoms with Crippen LogP contribution in [0.5, 0.6) is 5.75 Å². The van der Waals surface area contributed by atoms with Crippen LogP contribution in [0, 0.1) is 6.92 Å². The number of phenolic OH excluding ortho intramolecular Hbond substituents is 1. The highest BCUT2D eigenvalue weighted by molar-refractivity contribution is 5.86. The molecule has 0 aliphatic heterocycles. The molecule has 1 heterocycles. The number of phenols is 1. The molecule has 6 heteroatoms. The number of aromatic hydroxyl groups is 1. The number of hydrogen-bond acceptors (Lipinski definition) is 6. The van der Waals surface area contributed by atoms with Crippen molar-refractivity contribution in [1.29, 1.82) is 0 Å². The molecule has 160 valence electrons. The van der Waals surface area contributed by atoms with Crippen LogP contribution in [0.15, 0.2) is 21.3 Å². The molecule has 1 aromatic carbocycles. The van der Waals surface area contributed by atoms with Gasteiger partial charge in [0.25, 0.3) is 0 Å². The summed E-state index contributed by atoms with van der Waals surface area (Å²) in [7, 11) is 0. The van der Waals surface area contributed by atoms with Gasteiger partial charge in [-0.2, -0.15) is 0 Å². The van der Waals surface area contributed by atoms with Gasteiger partial charge in [-0.15, -0.1) is 0 Å². The first-order chi connectivity index (χ1) is 13.8. The number of fused-ring (bicyclic) bond motifs is 1. The van der Waals surface area contributed by atoms with Gasteiger partial charge in [0.05, 0.1) is 11.7 Å². The molecule has 6 nitrogen and oxygen atoms in total. The van der Waals surface area contributed by atoms with E-state index in [2.05, 4.69) is 18.7 Å². The maximum absolute atomic E-state index is 12.0. The monoisotopic (exact) mass is 403 g/mol. The Balaban J connectivity index is 2.49. The molecule has 1 N–H and O–H groups in total. The van der Waals surface area contributed by atoms with E-state index >= 15 is 0 Å². The molecule has 0 amide bonds. The normalized spacial score (nSPS) is 11.6. The fourth-order valence-electron chi connectivity index (χ4n) is 3.59. The van der Waals surface area contributed by atoms with E-state index in [1.165, 1.54) is 6.07 Å². The number of hydrogen-bond donors (Lipinski definition) is 1. The minimum atomic E-state index is -0.429. The Kier molecular flexibility index (Phi) is 8.26. The minimum absolute atomic E-state index is 0.0980. The molecule has 0 unspecified atom stereocenters. The lowest BCUT2D eigenvalue weighted by atomic mass is 9.98. The molecule has 0 spiro atoms. The first-order valence-corrected chi connectivity index (χ1v) is 10.5. The van der Waals surface area contributed by atoms with Crippen molar-refractivity contribution in [3.8, 4) is 5.75 Å². The summed E-state index contributed by atoms with van der Waals surface area (Å²) in [5, 5.41) is 11.8. The Hall–Kier alpha value is -2.34. The summed E-state index contributed by atoms with van der Waals surface area (Å²) in [6.45, 7) is 12.0. The summed E-state index contributed by atoms with van der Waals surface area (Å²) in [5.41, 5.74) is 2.07. The number of carbonyl (C=O) groups excluding carboxylic acids is 1. The Morgan fingerprint density at radius 2 is 1.86 bits per heavy atom. The fraction of sp³-hybridized carbons (Fsp3) is 0.565. The second kappa shape index (κ2) is 10.4. The molecule has 2 rings (SSSR count). The van der Waals surface area contributed by atoms with Crippen LogP contribution < -0.4 is 5.63 Å². The highest BCUT2D eigenvalue weighted by Crippen LogP contribution is 2.34. The third kappa shape index (κ3) is 6.07. The highest BCUT2D eigenvalue weighted by atomic mass is 16.5. The Bertz CT molecular complexity index is 894. The van der Waals surface area contributed by atoms with Crippen molar-refractivity contribution in [3.63, 3.8) is 0 Å². The molecule has 0 radical (unpaired) electrons. The maximum Gasteiger partial charge on any atom is 0.336 e. The molecule has 0 fully saturated rings. The number of carbonyl (C=O) groups is 1. The lowest BCUT2D eigenvalue weighted by Crippen LogP contribution is -2.25. The summed E-state index contributed by atoms with van der Waals surface area (Å²) >= 11 is 0. The van der Waals surface area contributed by atoms with Crippen LogP contribution in [0.2, 0.25) is 0 Å². The van der Waals surface area contributed by atoms with Crippen molar-refractivity contribution in [1.82, 2.24) is 4.90 Å². The van der Waals surface area contributed by atoms with Crippen molar-refractivity contribution >= 4 is 16.9 Å². The number of nitrogens with zero attached hydrogens (tertiary/aromatic N) is 1. The van der Waals surface area contributed by atoms with E-state index in [-0.39, 0.29) is 24.2 Å². The van der Waals surface area contributed by atoms with Gasteiger partial charge in [-0.3, -0.25) is 9.69 Å². The molecule has 0 saturated heterocycles. The zero-order chi connectivity index (χ0) is 21.6. The zero-order valence-corrected chi connectivity index (χ0v) is 18.2. The summed E-state index contributed by atoms with van der Waals surface area (Å²) in [6.07, 6.45) is 2.35. The van der Waals surface area contributed by atoms with Crippen LogP contribution in [-0.4, -0.2) is 35.2 Å². The predicted octanol–water partition coefficient (Wildman–Crippen LogP) is 4.31. The van der Waals surface area contributed by atoms with Crippen LogP contribution in [0.1, 0.15) is 63.6 Å². The Morgan fingerprint density at radius 3 is 2.45 bits per heavy atom. The summed E-state index contributed by atoms with van der Waals surface area (Å²) in [5.74, 6) is -0.197. The lowest BCUT2D eigenvalue weighted by molar-refractivity contribution is -0.147. The third-order valence-corrected chi connectivity index (χ3v) is 4.82. The van der Waals surface area contributed by atoms with Gasteiger partial charge in [0.15, 0.2) is 0 Å². The third-order valence-electron chi connectivity index (χ3n) is 4.82. The molecule has 0 bridgehead atoms. The molecule has 1 aromatic heterocycles. The van der Waals surface area contributed by atoms with E-state index in [1.54, 1.807) is 0 Å². The van der Waals surface area contributed by atoms with Crippen molar-refractivity contribution in [2.75, 3.05) is 13.1 Å². The molecule has 0 atom stereocenters. The van der Waals surface area contributed by atoms with Crippen molar-refractivity contribution in [3.05, 3.63) is 39.2 Å². The Morgan fingerprint density at radius 1 is 1.21 bits per heavy atom. The average molecular weight is 404 g/mol. The molecule has 0 aliphatic rings. The van der Waals surface area contributed by atoms with Crippen molar-refractivity contribution in [2.45, 2.75) is 73.0 Å². The summed E-state index contributed by atoms with van der Waals surface area (Å²) in [4.78, 5) is 26.2. The lowest BCUT2D eigenvalue weighted by Gasteiger charge is -2.23. The standard InChI is InChI=1S/C23H33NO5/c1-6-10-24(11-7-2)14-19-22(27)17(8-9-20(25)28-15(3)4)13-18-16(5)12-21(26)29-23(18)19/h12-13,15,27H,6-11,14H2,1-5H3. The number of aryl methyl sites for hydroxylation is 2. The minimum Gasteiger partial charge on any atom is -0.507 e. The molecule has 29 heavy (non-hydrogen) atoms. The van der Waals surface area contributed by atoms with Gasteiger partial charge in [0, 0.05) is 24.4 Å². The highest BCUT2D eigenvalue weighted by Gasteiger charge is 2.20. The molecule has 2 aromatic rings. The maximum atomic E-state index is 12.0. The SMILES string of the molecule is CCCN(CCC)Cc1c(O)c(CCC(=O)OC(C)C)cc2c(C)cc(=O)oc12. The topological polar surface area (TPSA) is 80.0 Å². The van der Waals surface area contributed by atoms with Crippen molar-refractivity contribution in [2.24, 2.45) is 0 Å². The summed E-state index contributed by atoms with van der Waals surface area (Å²) < 4.78 is 10.7.